The highest BCUT2D eigenvalue weighted by Gasteiger charge is 2.56. The number of hydrogen-bond acceptors (Lipinski definition) is 4. The Morgan fingerprint density at radius 1 is 1.10 bits per heavy atom. The van der Waals surface area contributed by atoms with Crippen LogP contribution in [0.2, 0.25) is 18.1 Å². The van der Waals surface area contributed by atoms with E-state index < -0.39 is 8.32 Å². The molecule has 2 aliphatic heterocycles. The smallest absolute Gasteiger partial charge is 0.238 e. The van der Waals surface area contributed by atoms with E-state index in [2.05, 4.69) is 46.9 Å². The third-order valence-electron chi connectivity index (χ3n) is 7.46. The van der Waals surface area contributed by atoms with Crippen molar-refractivity contribution < 1.29 is 18.8 Å². The van der Waals surface area contributed by atoms with Crippen LogP contribution in [0.1, 0.15) is 34.1 Å². The van der Waals surface area contributed by atoms with Crippen molar-refractivity contribution in [2.24, 2.45) is 17.8 Å². The predicted octanol–water partition coefficient (Wildman–Crippen LogP) is 4.55. The first-order chi connectivity index (χ1) is 14.0. The fourth-order valence-electron chi connectivity index (χ4n) is 4.84. The molecule has 2 fully saturated rings. The number of ether oxygens (including phenoxy) is 1. The van der Waals surface area contributed by atoms with E-state index in [0.717, 1.165) is 5.57 Å². The molecule has 6 heteroatoms. The number of amides is 2. The van der Waals surface area contributed by atoms with Crippen LogP contribution in [0, 0.1) is 17.8 Å². The number of hydrogen-bond donors (Lipinski definition) is 0. The van der Waals surface area contributed by atoms with E-state index >= 15 is 0 Å². The average molecular weight is 428 g/mol. The minimum atomic E-state index is -1.93. The second kappa shape index (κ2) is 7.43. The number of nitrogens with zero attached hydrogens (tertiary/aromatic N) is 1. The lowest BCUT2D eigenvalue weighted by atomic mass is 9.73. The van der Waals surface area contributed by atoms with Crippen molar-refractivity contribution in [2.45, 2.75) is 64.5 Å². The SMILES string of the molecule is C[C@H](O[Si](C)(C)C(C)(C)C)[C@H]1OC[C@@H]2C1=CC[C@@H]1C(=O)N(c3ccccc3)C(=O)[C@@H]12. The number of carbonyl (C=O) groups excluding carboxylic acids is 2. The zero-order valence-electron chi connectivity index (χ0n) is 18.8. The molecular weight excluding hydrogens is 394 g/mol. The summed E-state index contributed by atoms with van der Waals surface area (Å²) in [6.07, 6.45) is 2.53. The first kappa shape index (κ1) is 21.5. The minimum absolute atomic E-state index is 0.0376. The van der Waals surface area contributed by atoms with Gasteiger partial charge in [-0.25, -0.2) is 0 Å². The van der Waals surface area contributed by atoms with Gasteiger partial charge in [0.15, 0.2) is 8.32 Å². The number of imide groups is 1. The zero-order valence-corrected chi connectivity index (χ0v) is 19.8. The summed E-state index contributed by atoms with van der Waals surface area (Å²) >= 11 is 0. The number of carbonyl (C=O) groups is 2. The van der Waals surface area contributed by atoms with E-state index in [4.69, 9.17) is 9.16 Å². The maximum Gasteiger partial charge on any atom is 0.238 e. The van der Waals surface area contributed by atoms with Gasteiger partial charge in [0, 0.05) is 5.92 Å². The van der Waals surface area contributed by atoms with Crippen molar-refractivity contribution in [3.8, 4) is 0 Å². The second-order valence-electron chi connectivity index (χ2n) is 10.4. The fourth-order valence-corrected chi connectivity index (χ4v) is 6.25. The Balaban J connectivity index is 1.55. The molecule has 4 rings (SSSR count). The third kappa shape index (κ3) is 3.39. The molecule has 0 aromatic heterocycles. The quantitative estimate of drug-likeness (QED) is 0.402. The molecule has 2 heterocycles. The molecule has 2 amide bonds. The monoisotopic (exact) mass is 427 g/mol. The Hall–Kier alpha value is -1.76. The average Bonchev–Trinajstić information content (AvgIpc) is 3.20. The van der Waals surface area contributed by atoms with Crippen LogP contribution in [0.4, 0.5) is 5.69 Å². The molecule has 1 aromatic rings. The normalized spacial score (nSPS) is 30.2. The summed E-state index contributed by atoms with van der Waals surface area (Å²) in [5, 5.41) is 0.120. The molecule has 0 N–H and O–H groups in total. The van der Waals surface area contributed by atoms with E-state index in [-0.39, 0.29) is 46.8 Å². The van der Waals surface area contributed by atoms with Crippen LogP contribution < -0.4 is 4.90 Å². The van der Waals surface area contributed by atoms with Crippen LogP contribution >= 0.6 is 0 Å². The van der Waals surface area contributed by atoms with Crippen LogP contribution in [0.15, 0.2) is 42.0 Å². The van der Waals surface area contributed by atoms with Crippen LogP contribution in [0.3, 0.4) is 0 Å². The van der Waals surface area contributed by atoms with Crippen molar-refractivity contribution in [2.75, 3.05) is 11.5 Å². The van der Waals surface area contributed by atoms with E-state index in [1.807, 2.05) is 30.3 Å². The predicted molar refractivity (Wildman–Crippen MR) is 120 cm³/mol. The molecule has 5 nitrogen and oxygen atoms in total. The Labute approximate surface area is 180 Å². The van der Waals surface area contributed by atoms with Crippen molar-refractivity contribution in [3.05, 3.63) is 42.0 Å². The molecule has 3 aliphatic rings. The molecule has 0 bridgehead atoms. The lowest BCUT2D eigenvalue weighted by molar-refractivity contribution is -0.122. The molecule has 0 spiro atoms. The minimum Gasteiger partial charge on any atom is -0.411 e. The topological polar surface area (TPSA) is 55.8 Å². The van der Waals surface area contributed by atoms with Gasteiger partial charge in [0.25, 0.3) is 0 Å². The molecule has 0 saturated carbocycles. The van der Waals surface area contributed by atoms with Crippen LogP contribution in [0.5, 0.6) is 0 Å². The van der Waals surface area contributed by atoms with E-state index in [9.17, 15) is 9.59 Å². The molecule has 162 valence electrons. The molecular formula is C24H33NO4Si. The van der Waals surface area contributed by atoms with Gasteiger partial charge in [0.2, 0.25) is 11.8 Å². The highest BCUT2D eigenvalue weighted by atomic mass is 28.4. The third-order valence-corrected chi connectivity index (χ3v) is 12.0. The van der Waals surface area contributed by atoms with Gasteiger partial charge in [-0.15, -0.1) is 0 Å². The van der Waals surface area contributed by atoms with E-state index in [0.29, 0.717) is 18.7 Å². The summed E-state index contributed by atoms with van der Waals surface area (Å²) in [6.45, 7) is 13.8. The number of benzene rings is 1. The van der Waals surface area contributed by atoms with Gasteiger partial charge in [-0.3, -0.25) is 14.5 Å². The number of rotatable bonds is 4. The summed E-state index contributed by atoms with van der Waals surface area (Å²) in [5.41, 5.74) is 1.81. The zero-order chi connectivity index (χ0) is 21.8. The largest absolute Gasteiger partial charge is 0.411 e. The van der Waals surface area contributed by atoms with Gasteiger partial charge in [-0.2, -0.15) is 0 Å². The molecule has 1 aromatic carbocycles. The van der Waals surface area contributed by atoms with Gasteiger partial charge in [-0.1, -0.05) is 45.0 Å². The highest BCUT2D eigenvalue weighted by molar-refractivity contribution is 6.74. The van der Waals surface area contributed by atoms with E-state index in [1.165, 1.54) is 4.90 Å². The Morgan fingerprint density at radius 2 is 1.77 bits per heavy atom. The lowest BCUT2D eigenvalue weighted by Gasteiger charge is -2.40. The Kier molecular flexibility index (Phi) is 5.32. The maximum absolute atomic E-state index is 13.3. The van der Waals surface area contributed by atoms with Crippen molar-refractivity contribution in [1.29, 1.82) is 0 Å². The molecule has 1 aliphatic carbocycles. The number of allylic oxidation sites excluding steroid dienone is 1. The number of anilines is 1. The summed E-state index contributed by atoms with van der Waals surface area (Å²) in [4.78, 5) is 27.8. The molecule has 0 unspecified atom stereocenters. The van der Waals surface area contributed by atoms with Crippen molar-refractivity contribution in [3.63, 3.8) is 0 Å². The maximum atomic E-state index is 13.3. The lowest BCUT2D eigenvalue weighted by Crippen LogP contribution is -2.46. The molecule has 30 heavy (non-hydrogen) atoms. The Morgan fingerprint density at radius 3 is 2.40 bits per heavy atom. The van der Waals surface area contributed by atoms with Crippen LogP contribution in [-0.2, 0) is 18.8 Å². The van der Waals surface area contributed by atoms with Crippen molar-refractivity contribution in [1.82, 2.24) is 0 Å². The van der Waals surface area contributed by atoms with Crippen molar-refractivity contribution >= 4 is 25.8 Å². The highest BCUT2D eigenvalue weighted by Crippen LogP contribution is 2.48. The fraction of sp³-hybridized carbons (Fsp3) is 0.583. The van der Waals surface area contributed by atoms with Gasteiger partial charge in [-0.05, 0) is 49.2 Å². The molecule has 2 saturated heterocycles. The van der Waals surface area contributed by atoms with Crippen LogP contribution in [-0.4, -0.2) is 38.9 Å². The van der Waals surface area contributed by atoms with Crippen LogP contribution in [0.25, 0.3) is 0 Å². The number of fused-ring (bicyclic) bond motifs is 3. The first-order valence-electron chi connectivity index (χ1n) is 10.9. The van der Waals surface area contributed by atoms with Gasteiger partial charge >= 0.3 is 0 Å². The molecule has 0 radical (unpaired) electrons. The van der Waals surface area contributed by atoms with Gasteiger partial charge in [0.05, 0.1) is 30.2 Å². The van der Waals surface area contributed by atoms with Gasteiger partial charge < -0.3 is 9.16 Å². The summed E-state index contributed by atoms with van der Waals surface area (Å²) in [5.74, 6) is -0.827. The Bertz CT molecular complexity index is 873. The number of para-hydroxylation sites is 1. The summed E-state index contributed by atoms with van der Waals surface area (Å²) in [7, 11) is -1.93. The van der Waals surface area contributed by atoms with Gasteiger partial charge in [0.1, 0.15) is 6.10 Å². The van der Waals surface area contributed by atoms with E-state index in [1.54, 1.807) is 0 Å². The molecule has 5 atom stereocenters. The summed E-state index contributed by atoms with van der Waals surface area (Å²) in [6, 6.07) is 9.25. The standard InChI is InChI=1S/C24H33NO4Si/c1-15(29-30(5,6)24(2,3)4)21-17-12-13-18-20(19(17)14-28-21)23(27)25(22(18)26)16-10-8-7-9-11-16/h7-12,15,18-21H,13-14H2,1-6H3/t15-,18-,19+,20-,21+/m0/s1. The first-order valence-corrected chi connectivity index (χ1v) is 13.9. The summed E-state index contributed by atoms with van der Waals surface area (Å²) < 4.78 is 12.8. The second-order valence-corrected chi connectivity index (χ2v) is 15.1.